The van der Waals surface area contributed by atoms with Crippen LogP contribution in [0.1, 0.15) is 38.1 Å². The first kappa shape index (κ1) is 10.8. The maximum absolute atomic E-state index is 12.1. The highest BCUT2D eigenvalue weighted by molar-refractivity contribution is 5.08. The number of nitrogens with two attached hydrogens (primary N) is 1. The summed E-state index contributed by atoms with van der Waals surface area (Å²) in [6.07, 6.45) is 8.31. The van der Waals surface area contributed by atoms with E-state index in [1.54, 1.807) is 17.0 Å². The molecule has 1 heterocycles. The van der Waals surface area contributed by atoms with Gasteiger partial charge in [0, 0.05) is 24.5 Å². The monoisotopic (exact) mass is 235 g/mol. The molecule has 17 heavy (non-hydrogen) atoms. The molecular weight excluding hydrogens is 218 g/mol. The fourth-order valence-corrected chi connectivity index (χ4v) is 2.37. The first-order valence-corrected chi connectivity index (χ1v) is 6.23. The molecule has 3 rings (SSSR count). The van der Waals surface area contributed by atoms with Crippen LogP contribution in [0.4, 0.5) is 0 Å². The van der Waals surface area contributed by atoms with Crippen molar-refractivity contribution in [1.82, 2.24) is 9.55 Å². The van der Waals surface area contributed by atoms with Crippen LogP contribution in [0.5, 0.6) is 5.88 Å². The summed E-state index contributed by atoms with van der Waals surface area (Å²) >= 11 is 0. The fraction of sp³-hybridized carbons (Fsp3) is 0.667. The zero-order valence-electron chi connectivity index (χ0n) is 9.71. The minimum absolute atomic E-state index is 0.0558. The van der Waals surface area contributed by atoms with E-state index in [0.717, 1.165) is 32.1 Å². The molecule has 2 saturated carbocycles. The van der Waals surface area contributed by atoms with Gasteiger partial charge in [-0.3, -0.25) is 4.79 Å². The van der Waals surface area contributed by atoms with E-state index in [-0.39, 0.29) is 23.6 Å². The van der Waals surface area contributed by atoms with Crippen LogP contribution in [0.25, 0.3) is 0 Å². The molecule has 0 bridgehead atoms. The molecule has 0 spiro atoms. The third-order valence-electron chi connectivity index (χ3n) is 3.48. The molecule has 2 aliphatic carbocycles. The minimum Gasteiger partial charge on any atom is -0.470 e. The lowest BCUT2D eigenvalue weighted by Crippen LogP contribution is -2.26. The first-order chi connectivity index (χ1) is 8.24. The minimum atomic E-state index is -0.101. The normalized spacial score (nSPS) is 28.3. The Balaban J connectivity index is 1.78. The van der Waals surface area contributed by atoms with Crippen LogP contribution in [0.2, 0.25) is 0 Å². The molecule has 5 heteroatoms. The van der Waals surface area contributed by atoms with Crippen molar-refractivity contribution in [3.63, 3.8) is 0 Å². The van der Waals surface area contributed by atoms with E-state index in [9.17, 15) is 4.79 Å². The zero-order valence-corrected chi connectivity index (χ0v) is 9.71. The van der Waals surface area contributed by atoms with Gasteiger partial charge in [0.2, 0.25) is 0 Å². The SMILES string of the molecule is NC1CCC(Oc2nccn(C3CC3)c2=O)C1. The van der Waals surface area contributed by atoms with E-state index in [4.69, 9.17) is 10.5 Å². The summed E-state index contributed by atoms with van der Waals surface area (Å²) in [7, 11) is 0. The first-order valence-electron chi connectivity index (χ1n) is 6.23. The van der Waals surface area contributed by atoms with E-state index in [1.807, 2.05) is 0 Å². The topological polar surface area (TPSA) is 70.1 Å². The maximum atomic E-state index is 12.1. The van der Waals surface area contributed by atoms with Crippen LogP contribution in [-0.2, 0) is 0 Å². The number of aromatic nitrogens is 2. The molecule has 2 fully saturated rings. The molecule has 0 amide bonds. The van der Waals surface area contributed by atoms with Gasteiger partial charge < -0.3 is 15.0 Å². The second kappa shape index (κ2) is 4.14. The van der Waals surface area contributed by atoms with Crippen molar-refractivity contribution >= 4 is 0 Å². The Bertz CT molecular complexity index is 467. The predicted octanol–water partition coefficient (Wildman–Crippen LogP) is 0.837. The van der Waals surface area contributed by atoms with Crippen molar-refractivity contribution in [2.75, 3.05) is 0 Å². The van der Waals surface area contributed by atoms with Crippen molar-refractivity contribution < 1.29 is 4.74 Å². The smallest absolute Gasteiger partial charge is 0.313 e. The second-order valence-corrected chi connectivity index (χ2v) is 4.99. The zero-order chi connectivity index (χ0) is 11.8. The Morgan fingerprint density at radius 3 is 2.82 bits per heavy atom. The molecule has 0 saturated heterocycles. The fourth-order valence-electron chi connectivity index (χ4n) is 2.37. The number of hydrogen-bond donors (Lipinski definition) is 1. The van der Waals surface area contributed by atoms with Crippen LogP contribution in [0.3, 0.4) is 0 Å². The predicted molar refractivity (Wildman–Crippen MR) is 63.0 cm³/mol. The van der Waals surface area contributed by atoms with Crippen molar-refractivity contribution in [3.05, 3.63) is 22.7 Å². The molecule has 0 aromatic carbocycles. The summed E-state index contributed by atoms with van der Waals surface area (Å²) < 4.78 is 7.40. The summed E-state index contributed by atoms with van der Waals surface area (Å²) in [4.78, 5) is 16.1. The van der Waals surface area contributed by atoms with Gasteiger partial charge in [0.1, 0.15) is 6.10 Å². The van der Waals surface area contributed by atoms with Gasteiger partial charge in [-0.1, -0.05) is 0 Å². The van der Waals surface area contributed by atoms with Gasteiger partial charge in [-0.25, -0.2) is 4.98 Å². The molecule has 0 aliphatic heterocycles. The lowest BCUT2D eigenvalue weighted by atomic mass is 10.3. The van der Waals surface area contributed by atoms with Gasteiger partial charge in [-0.15, -0.1) is 0 Å². The summed E-state index contributed by atoms with van der Waals surface area (Å²) in [5.74, 6) is 0.235. The highest BCUT2D eigenvalue weighted by Crippen LogP contribution is 2.33. The Hall–Kier alpha value is -1.36. The molecule has 0 radical (unpaired) electrons. The average molecular weight is 235 g/mol. The third-order valence-corrected chi connectivity index (χ3v) is 3.48. The number of nitrogens with zero attached hydrogens (tertiary/aromatic N) is 2. The molecule has 2 unspecified atom stereocenters. The lowest BCUT2D eigenvalue weighted by Gasteiger charge is -2.12. The number of hydrogen-bond acceptors (Lipinski definition) is 4. The van der Waals surface area contributed by atoms with E-state index in [0.29, 0.717) is 6.04 Å². The summed E-state index contributed by atoms with van der Waals surface area (Å²) in [5.41, 5.74) is 5.72. The quantitative estimate of drug-likeness (QED) is 0.842. The number of ether oxygens (including phenoxy) is 1. The van der Waals surface area contributed by atoms with Gasteiger partial charge in [0.25, 0.3) is 5.88 Å². The van der Waals surface area contributed by atoms with Crippen molar-refractivity contribution in [3.8, 4) is 5.88 Å². The summed E-state index contributed by atoms with van der Waals surface area (Å²) in [6.45, 7) is 0. The second-order valence-electron chi connectivity index (χ2n) is 4.99. The van der Waals surface area contributed by atoms with Gasteiger partial charge >= 0.3 is 5.56 Å². The van der Waals surface area contributed by atoms with Gasteiger partial charge in [0.05, 0.1) is 0 Å². The Morgan fingerprint density at radius 1 is 1.35 bits per heavy atom. The Morgan fingerprint density at radius 2 is 2.18 bits per heavy atom. The molecule has 2 aliphatic rings. The molecule has 2 atom stereocenters. The Labute approximate surface area is 99.6 Å². The highest BCUT2D eigenvalue weighted by Gasteiger charge is 2.28. The molecule has 5 nitrogen and oxygen atoms in total. The van der Waals surface area contributed by atoms with E-state index < -0.39 is 0 Å². The average Bonchev–Trinajstić information content (AvgIpc) is 3.06. The van der Waals surface area contributed by atoms with Crippen molar-refractivity contribution in [2.24, 2.45) is 5.73 Å². The highest BCUT2D eigenvalue weighted by atomic mass is 16.5. The van der Waals surface area contributed by atoms with Gasteiger partial charge in [-0.05, 0) is 32.1 Å². The molecular formula is C12H17N3O2. The Kier molecular flexibility index (Phi) is 2.63. The molecule has 1 aromatic heterocycles. The van der Waals surface area contributed by atoms with Crippen LogP contribution in [0, 0.1) is 0 Å². The van der Waals surface area contributed by atoms with Crippen LogP contribution in [0.15, 0.2) is 17.2 Å². The summed E-state index contributed by atoms with van der Waals surface area (Å²) in [6, 6.07) is 0.563. The third kappa shape index (κ3) is 2.20. The van der Waals surface area contributed by atoms with E-state index in [2.05, 4.69) is 4.98 Å². The van der Waals surface area contributed by atoms with Gasteiger partial charge in [-0.2, -0.15) is 0 Å². The maximum Gasteiger partial charge on any atom is 0.313 e. The molecule has 92 valence electrons. The lowest BCUT2D eigenvalue weighted by molar-refractivity contribution is 0.195. The van der Waals surface area contributed by atoms with E-state index in [1.165, 1.54) is 0 Å². The van der Waals surface area contributed by atoms with Crippen LogP contribution < -0.4 is 16.0 Å². The van der Waals surface area contributed by atoms with E-state index >= 15 is 0 Å². The van der Waals surface area contributed by atoms with Crippen LogP contribution in [-0.4, -0.2) is 21.7 Å². The standard InChI is InChI=1S/C12H17N3O2/c13-8-1-4-10(7-8)17-11-12(16)15(6-5-14-11)9-2-3-9/h5-6,8-10H,1-4,7,13H2. The largest absolute Gasteiger partial charge is 0.470 e. The number of rotatable bonds is 3. The summed E-state index contributed by atoms with van der Waals surface area (Å²) in [5, 5.41) is 0. The molecule has 2 N–H and O–H groups in total. The molecule has 1 aromatic rings. The van der Waals surface area contributed by atoms with Crippen LogP contribution >= 0.6 is 0 Å². The van der Waals surface area contributed by atoms with Gasteiger partial charge in [0.15, 0.2) is 0 Å². The van der Waals surface area contributed by atoms with Crippen molar-refractivity contribution in [2.45, 2.75) is 50.3 Å². The van der Waals surface area contributed by atoms with Crippen molar-refractivity contribution in [1.29, 1.82) is 0 Å².